The van der Waals surface area contributed by atoms with E-state index in [-0.39, 0.29) is 15.7 Å². The van der Waals surface area contributed by atoms with Gasteiger partial charge in [-0.05, 0) is 42.8 Å². The molecule has 4 rings (SSSR count). The molecule has 0 amide bonds. The van der Waals surface area contributed by atoms with Crippen LogP contribution in [0.4, 0.5) is 5.82 Å². The van der Waals surface area contributed by atoms with E-state index in [2.05, 4.69) is 15.3 Å². The van der Waals surface area contributed by atoms with E-state index in [1.807, 2.05) is 11.3 Å². The molecule has 4 aromatic rings. The summed E-state index contributed by atoms with van der Waals surface area (Å²) in [5.74, 6) is 0.594. The third-order valence-electron chi connectivity index (χ3n) is 4.65. The van der Waals surface area contributed by atoms with Crippen LogP contribution < -0.4 is 10.5 Å². The second-order valence-electron chi connectivity index (χ2n) is 6.72. The third-order valence-corrected chi connectivity index (χ3v) is 5.88. The lowest BCUT2D eigenvalue weighted by molar-refractivity contribution is 0.475. The minimum absolute atomic E-state index is 0.0179. The summed E-state index contributed by atoms with van der Waals surface area (Å²) in [6.07, 6.45) is 3.46. The number of nitrogens with zero attached hydrogens (tertiary/aromatic N) is 3. The molecule has 8 nitrogen and oxygen atoms in total. The predicted octanol–water partition coefficient (Wildman–Crippen LogP) is 3.32. The van der Waals surface area contributed by atoms with Crippen molar-refractivity contribution in [3.05, 3.63) is 71.1 Å². The van der Waals surface area contributed by atoms with Gasteiger partial charge in [-0.15, -0.1) is 0 Å². The maximum absolute atomic E-state index is 11.4. The zero-order valence-electron chi connectivity index (χ0n) is 15.9. The zero-order valence-corrected chi connectivity index (χ0v) is 17.4. The molecule has 0 saturated heterocycles. The van der Waals surface area contributed by atoms with Gasteiger partial charge in [-0.2, -0.15) is 0 Å². The number of primary sulfonamides is 1. The number of hydrogen-bond acceptors (Lipinski definition) is 6. The van der Waals surface area contributed by atoms with E-state index >= 15 is 0 Å². The molecule has 0 aliphatic carbocycles. The Morgan fingerprint density at radius 3 is 2.60 bits per heavy atom. The highest BCUT2D eigenvalue weighted by atomic mass is 35.5. The van der Waals surface area contributed by atoms with Crippen molar-refractivity contribution in [1.82, 2.24) is 14.4 Å². The quantitative estimate of drug-likeness (QED) is 0.434. The normalized spacial score (nSPS) is 11.7. The summed E-state index contributed by atoms with van der Waals surface area (Å²) in [6, 6.07) is 11.3. The second-order valence-corrected chi connectivity index (χ2v) is 8.69. The van der Waals surface area contributed by atoms with Gasteiger partial charge in [0, 0.05) is 24.5 Å². The van der Waals surface area contributed by atoms with Crippen molar-refractivity contribution in [1.29, 1.82) is 0 Å². The van der Waals surface area contributed by atoms with Crippen molar-refractivity contribution < 1.29 is 13.5 Å². The molecule has 0 radical (unpaired) electrons. The number of phenolic OH excluding ortho intramolecular Hbond substituents is 1. The van der Waals surface area contributed by atoms with E-state index in [1.54, 1.807) is 42.7 Å². The summed E-state index contributed by atoms with van der Waals surface area (Å²) >= 11 is 6.07. The van der Waals surface area contributed by atoms with E-state index in [0.29, 0.717) is 18.0 Å². The maximum Gasteiger partial charge on any atom is 0.238 e. The number of aromatic nitrogens is 3. The van der Waals surface area contributed by atoms with Crippen LogP contribution in [0.5, 0.6) is 5.75 Å². The Kier molecular flexibility index (Phi) is 5.10. The van der Waals surface area contributed by atoms with Crippen LogP contribution in [0, 0.1) is 6.92 Å². The molecule has 0 atom stereocenters. The molecule has 0 aliphatic heterocycles. The number of rotatable bonds is 5. The lowest BCUT2D eigenvalue weighted by Crippen LogP contribution is -2.12. The van der Waals surface area contributed by atoms with Crippen molar-refractivity contribution in [3.8, 4) is 17.0 Å². The second kappa shape index (κ2) is 7.60. The third kappa shape index (κ3) is 3.82. The van der Waals surface area contributed by atoms with E-state index in [4.69, 9.17) is 16.7 Å². The number of aryl methyl sites for hydroxylation is 1. The van der Waals surface area contributed by atoms with E-state index < -0.39 is 10.0 Å². The number of imidazole rings is 1. The van der Waals surface area contributed by atoms with Gasteiger partial charge in [0.05, 0.1) is 21.3 Å². The van der Waals surface area contributed by atoms with E-state index in [1.165, 1.54) is 12.1 Å². The highest BCUT2D eigenvalue weighted by Gasteiger charge is 2.15. The molecular weight excluding hydrogens is 426 g/mol. The first-order valence-electron chi connectivity index (χ1n) is 8.92. The Morgan fingerprint density at radius 1 is 1.20 bits per heavy atom. The van der Waals surface area contributed by atoms with Gasteiger partial charge < -0.3 is 10.4 Å². The van der Waals surface area contributed by atoms with E-state index in [0.717, 1.165) is 22.5 Å². The standard InChI is InChI=1S/C20H18ClN5O3S/c1-12-18(14-4-7-17(27)16(21)10-14)26-9-8-23-19(20(26)25-12)24-11-13-2-5-15(6-3-13)30(22,28)29/h2-10,27H,11H2,1H3,(H,23,24)(H2,22,28,29). The van der Waals surface area contributed by atoms with Gasteiger partial charge in [-0.1, -0.05) is 23.7 Å². The van der Waals surface area contributed by atoms with Gasteiger partial charge in [-0.25, -0.2) is 23.5 Å². The number of sulfonamides is 1. The van der Waals surface area contributed by atoms with Crippen molar-refractivity contribution in [2.45, 2.75) is 18.4 Å². The largest absolute Gasteiger partial charge is 0.506 e. The number of nitrogens with one attached hydrogen (secondary N) is 1. The van der Waals surface area contributed by atoms with Crippen LogP contribution >= 0.6 is 11.6 Å². The Balaban J connectivity index is 1.65. The number of aromatic hydroxyl groups is 1. The van der Waals surface area contributed by atoms with Crippen molar-refractivity contribution in [2.24, 2.45) is 5.14 Å². The SMILES string of the molecule is Cc1nc2c(NCc3ccc(S(N)(=O)=O)cc3)nccn2c1-c1ccc(O)c(Cl)c1. The van der Waals surface area contributed by atoms with Gasteiger partial charge in [0.1, 0.15) is 5.75 Å². The van der Waals surface area contributed by atoms with Gasteiger partial charge in [0.2, 0.25) is 10.0 Å². The van der Waals surface area contributed by atoms with E-state index in [9.17, 15) is 13.5 Å². The Labute approximate surface area is 178 Å². The first-order chi connectivity index (χ1) is 14.2. The van der Waals surface area contributed by atoms with Crippen LogP contribution in [-0.4, -0.2) is 27.9 Å². The van der Waals surface area contributed by atoms with Gasteiger partial charge in [0.25, 0.3) is 0 Å². The molecule has 10 heteroatoms. The number of anilines is 1. The Hall–Kier alpha value is -3.14. The van der Waals surface area contributed by atoms with Crippen LogP contribution in [0.2, 0.25) is 5.02 Å². The first-order valence-corrected chi connectivity index (χ1v) is 10.8. The maximum atomic E-state index is 11.4. The topological polar surface area (TPSA) is 123 Å². The lowest BCUT2D eigenvalue weighted by Gasteiger charge is -2.09. The average Bonchev–Trinajstić information content (AvgIpc) is 3.04. The molecule has 2 heterocycles. The molecule has 2 aromatic heterocycles. The van der Waals surface area contributed by atoms with Crippen molar-refractivity contribution in [3.63, 3.8) is 0 Å². The molecule has 154 valence electrons. The van der Waals surface area contributed by atoms with Crippen LogP contribution in [-0.2, 0) is 16.6 Å². The zero-order chi connectivity index (χ0) is 21.5. The molecule has 0 bridgehead atoms. The fourth-order valence-corrected chi connectivity index (χ4v) is 3.90. The number of phenols is 1. The van der Waals surface area contributed by atoms with Crippen LogP contribution in [0.1, 0.15) is 11.3 Å². The monoisotopic (exact) mass is 443 g/mol. The molecular formula is C20H18ClN5O3S. The molecule has 0 saturated carbocycles. The predicted molar refractivity (Wildman–Crippen MR) is 115 cm³/mol. The molecule has 4 N–H and O–H groups in total. The smallest absolute Gasteiger partial charge is 0.238 e. The van der Waals surface area contributed by atoms with Crippen molar-refractivity contribution in [2.75, 3.05) is 5.32 Å². The minimum atomic E-state index is -3.72. The van der Waals surface area contributed by atoms with Gasteiger partial charge >= 0.3 is 0 Å². The highest BCUT2D eigenvalue weighted by molar-refractivity contribution is 7.89. The molecule has 30 heavy (non-hydrogen) atoms. The Bertz CT molecular complexity index is 1350. The molecule has 0 aliphatic rings. The number of halogens is 1. The number of hydrogen-bond donors (Lipinski definition) is 3. The summed E-state index contributed by atoms with van der Waals surface area (Å²) in [5, 5.41) is 18.3. The number of benzene rings is 2. The molecule has 0 unspecified atom stereocenters. The summed E-state index contributed by atoms with van der Waals surface area (Å²) in [6.45, 7) is 2.31. The van der Waals surface area contributed by atoms with Crippen molar-refractivity contribution >= 4 is 33.1 Å². The highest BCUT2D eigenvalue weighted by Crippen LogP contribution is 2.32. The van der Waals surface area contributed by atoms with Gasteiger partial charge in [0.15, 0.2) is 11.5 Å². The summed E-state index contributed by atoms with van der Waals surface area (Å²) in [4.78, 5) is 9.08. The summed E-state index contributed by atoms with van der Waals surface area (Å²) in [5.41, 5.74) is 3.94. The average molecular weight is 444 g/mol. The Morgan fingerprint density at radius 2 is 1.93 bits per heavy atom. The van der Waals surface area contributed by atoms with Crippen LogP contribution in [0.3, 0.4) is 0 Å². The van der Waals surface area contributed by atoms with Crippen LogP contribution in [0.15, 0.2) is 59.8 Å². The van der Waals surface area contributed by atoms with Gasteiger partial charge in [-0.3, -0.25) is 4.40 Å². The minimum Gasteiger partial charge on any atom is -0.506 e. The summed E-state index contributed by atoms with van der Waals surface area (Å²) < 4.78 is 24.7. The first kappa shape index (κ1) is 20.1. The molecule has 0 spiro atoms. The molecule has 2 aromatic carbocycles. The molecule has 0 fully saturated rings. The lowest BCUT2D eigenvalue weighted by atomic mass is 10.1. The van der Waals surface area contributed by atoms with Crippen LogP contribution in [0.25, 0.3) is 16.9 Å². The number of nitrogens with two attached hydrogens (primary N) is 1. The fourth-order valence-electron chi connectivity index (χ4n) is 3.20. The fraction of sp³-hybridized carbons (Fsp3) is 0.100. The summed E-state index contributed by atoms with van der Waals surface area (Å²) in [7, 11) is -3.72. The number of fused-ring (bicyclic) bond motifs is 1.